The molecule has 0 unspecified atom stereocenters. The highest BCUT2D eigenvalue weighted by Crippen LogP contribution is 2.60. The maximum atomic E-state index is 7.03. The first-order valence-corrected chi connectivity index (χ1v) is 12.0. The summed E-state index contributed by atoms with van der Waals surface area (Å²) in [5, 5.41) is 0. The summed E-state index contributed by atoms with van der Waals surface area (Å²) in [7, 11) is 0. The Morgan fingerprint density at radius 2 is 1.54 bits per heavy atom. The zero-order valence-corrected chi connectivity index (χ0v) is 19.2. The van der Waals surface area contributed by atoms with Crippen molar-refractivity contribution in [2.45, 2.75) is 66.9 Å². The molecule has 3 aromatic heterocycles. The molecule has 0 saturated heterocycles. The number of thiophene rings is 3. The van der Waals surface area contributed by atoms with E-state index in [0.717, 1.165) is 12.8 Å². The number of fused-ring (bicyclic) bond motifs is 5. The predicted molar refractivity (Wildman–Crippen MR) is 118 cm³/mol. The Hall–Kier alpha value is -0.840. The molecule has 26 heavy (non-hydrogen) atoms. The first-order chi connectivity index (χ1) is 12.2. The van der Waals surface area contributed by atoms with Gasteiger partial charge in [0.15, 0.2) is 5.75 Å². The van der Waals surface area contributed by atoms with Crippen LogP contribution in [-0.2, 0) is 5.60 Å². The monoisotopic (exact) mass is 404 g/mol. The lowest BCUT2D eigenvalue weighted by Gasteiger charge is -2.40. The highest BCUT2D eigenvalue weighted by atomic mass is 32.1. The molecule has 0 N–H and O–H groups in total. The van der Waals surface area contributed by atoms with E-state index in [1.54, 1.807) is 0 Å². The first kappa shape index (κ1) is 18.5. The van der Waals surface area contributed by atoms with E-state index in [4.69, 9.17) is 4.74 Å². The van der Waals surface area contributed by atoms with Gasteiger partial charge in [-0.1, -0.05) is 27.7 Å². The van der Waals surface area contributed by atoms with Crippen molar-refractivity contribution < 1.29 is 4.74 Å². The van der Waals surface area contributed by atoms with Crippen LogP contribution >= 0.6 is 34.0 Å². The van der Waals surface area contributed by atoms with Gasteiger partial charge < -0.3 is 4.74 Å². The van der Waals surface area contributed by atoms with Gasteiger partial charge in [-0.3, -0.25) is 0 Å². The fourth-order valence-corrected chi connectivity index (χ4v) is 8.20. The fraction of sp³-hybridized carbons (Fsp3) is 0.545. The van der Waals surface area contributed by atoms with E-state index >= 15 is 0 Å². The van der Waals surface area contributed by atoms with Gasteiger partial charge in [0.25, 0.3) is 0 Å². The molecule has 4 rings (SSSR count). The minimum absolute atomic E-state index is 0.185. The molecular weight excluding hydrogens is 376 g/mol. The third-order valence-corrected chi connectivity index (χ3v) is 9.11. The van der Waals surface area contributed by atoms with Gasteiger partial charge in [0.05, 0.1) is 19.2 Å². The molecule has 0 amide bonds. The van der Waals surface area contributed by atoms with Crippen LogP contribution in [0, 0.1) is 32.6 Å². The molecule has 4 heterocycles. The highest BCUT2D eigenvalue weighted by molar-refractivity contribution is 7.32. The van der Waals surface area contributed by atoms with E-state index in [-0.39, 0.29) is 5.60 Å². The quantitative estimate of drug-likeness (QED) is 0.425. The number of rotatable bonds is 4. The zero-order chi connectivity index (χ0) is 18.8. The van der Waals surface area contributed by atoms with Crippen LogP contribution in [0.3, 0.4) is 0 Å². The summed E-state index contributed by atoms with van der Waals surface area (Å²) in [6.07, 6.45) is 2.16. The SMILES string of the molecule is Cc1cc2c(s1)-c1sc3c(C)c(C)sc3c1OC2(CC(C)C)CC(C)C. The average Bonchev–Trinajstić information content (AvgIpc) is 3.14. The average molecular weight is 405 g/mol. The lowest BCUT2D eigenvalue weighted by atomic mass is 9.78. The summed E-state index contributed by atoms with van der Waals surface area (Å²) in [5.41, 5.74) is 2.69. The molecule has 3 aromatic rings. The second-order valence-corrected chi connectivity index (χ2v) is 12.1. The van der Waals surface area contributed by atoms with E-state index < -0.39 is 0 Å². The van der Waals surface area contributed by atoms with Gasteiger partial charge >= 0.3 is 0 Å². The van der Waals surface area contributed by atoms with E-state index in [1.165, 1.54) is 45.8 Å². The van der Waals surface area contributed by atoms with Crippen LogP contribution in [0.1, 0.15) is 61.4 Å². The molecule has 1 aliphatic heterocycles. The molecule has 0 radical (unpaired) electrons. The molecule has 1 nitrogen and oxygen atoms in total. The summed E-state index contributed by atoms with van der Waals surface area (Å²) >= 11 is 5.80. The minimum atomic E-state index is -0.185. The first-order valence-electron chi connectivity index (χ1n) is 9.54. The van der Waals surface area contributed by atoms with Gasteiger partial charge in [0, 0.05) is 15.3 Å². The Kier molecular flexibility index (Phi) is 4.53. The van der Waals surface area contributed by atoms with Crippen molar-refractivity contribution in [1.82, 2.24) is 0 Å². The van der Waals surface area contributed by atoms with Crippen LogP contribution in [0.2, 0.25) is 0 Å². The van der Waals surface area contributed by atoms with Gasteiger partial charge in [-0.15, -0.1) is 34.0 Å². The molecule has 0 bridgehead atoms. The second-order valence-electron chi connectivity index (χ2n) is 8.59. The molecule has 4 heteroatoms. The van der Waals surface area contributed by atoms with Gasteiger partial charge in [-0.05, 0) is 57.1 Å². The number of aryl methyl sites for hydroxylation is 3. The van der Waals surface area contributed by atoms with Crippen LogP contribution in [0.4, 0.5) is 0 Å². The van der Waals surface area contributed by atoms with Crippen LogP contribution in [0.15, 0.2) is 6.07 Å². The van der Waals surface area contributed by atoms with Crippen LogP contribution in [0.25, 0.3) is 19.2 Å². The topological polar surface area (TPSA) is 9.23 Å². The van der Waals surface area contributed by atoms with E-state index in [0.29, 0.717) is 11.8 Å². The molecule has 0 atom stereocenters. The maximum absolute atomic E-state index is 7.03. The summed E-state index contributed by atoms with van der Waals surface area (Å²) < 4.78 is 9.83. The molecule has 0 fully saturated rings. The lowest BCUT2D eigenvalue weighted by molar-refractivity contribution is 0.0224. The molecule has 0 aromatic carbocycles. The molecule has 0 spiro atoms. The lowest BCUT2D eigenvalue weighted by Crippen LogP contribution is -2.38. The van der Waals surface area contributed by atoms with Crippen molar-refractivity contribution in [1.29, 1.82) is 0 Å². The van der Waals surface area contributed by atoms with Crippen LogP contribution in [0.5, 0.6) is 5.75 Å². The predicted octanol–water partition coefficient (Wildman–Crippen LogP) is 8.30. The van der Waals surface area contributed by atoms with Crippen LogP contribution in [-0.4, -0.2) is 0 Å². The standard InChI is InChI=1S/C22H28OS3/c1-11(2)9-22(10-12(3)4)16-8-13(5)24-19(16)21-17(23-22)20-18(26-21)14(6)15(7)25-20/h8,11-12H,9-10H2,1-7H3. The van der Waals surface area contributed by atoms with Gasteiger partial charge in [0.1, 0.15) is 5.60 Å². The van der Waals surface area contributed by atoms with Crippen molar-refractivity contribution in [3.63, 3.8) is 0 Å². The van der Waals surface area contributed by atoms with Crippen molar-refractivity contribution in [2.75, 3.05) is 0 Å². The van der Waals surface area contributed by atoms with E-state index in [9.17, 15) is 0 Å². The van der Waals surface area contributed by atoms with Crippen LogP contribution < -0.4 is 4.74 Å². The highest BCUT2D eigenvalue weighted by Gasteiger charge is 2.44. The van der Waals surface area contributed by atoms with Gasteiger partial charge in [-0.25, -0.2) is 0 Å². The zero-order valence-electron chi connectivity index (χ0n) is 16.8. The normalized spacial score (nSPS) is 15.6. The van der Waals surface area contributed by atoms with Gasteiger partial charge in [-0.2, -0.15) is 0 Å². The van der Waals surface area contributed by atoms with Crippen molar-refractivity contribution in [3.05, 3.63) is 26.9 Å². The third-order valence-electron chi connectivity index (χ3n) is 5.27. The Labute approximate surface area is 169 Å². The minimum Gasteiger partial charge on any atom is -0.479 e. The number of ether oxygens (including phenoxy) is 1. The van der Waals surface area contributed by atoms with Crippen molar-refractivity contribution >= 4 is 43.4 Å². The third kappa shape index (κ3) is 2.76. The molecule has 0 saturated carbocycles. The molecular formula is C22H28OS3. The maximum Gasteiger partial charge on any atom is 0.157 e. The van der Waals surface area contributed by atoms with Crippen molar-refractivity contribution in [2.24, 2.45) is 11.8 Å². The summed E-state index contributed by atoms with van der Waals surface area (Å²) in [6, 6.07) is 2.40. The summed E-state index contributed by atoms with van der Waals surface area (Å²) in [5.74, 6) is 2.37. The molecule has 0 aliphatic carbocycles. The summed E-state index contributed by atoms with van der Waals surface area (Å²) in [6.45, 7) is 16.0. The fourth-order valence-electron chi connectivity index (χ4n) is 4.35. The molecule has 1 aliphatic rings. The number of hydrogen-bond donors (Lipinski definition) is 0. The Morgan fingerprint density at radius 1 is 0.885 bits per heavy atom. The van der Waals surface area contributed by atoms with E-state index in [2.05, 4.69) is 54.5 Å². The Bertz CT molecular complexity index is 957. The number of hydrogen-bond acceptors (Lipinski definition) is 4. The van der Waals surface area contributed by atoms with E-state index in [1.807, 2.05) is 34.0 Å². The molecule has 140 valence electrons. The Morgan fingerprint density at radius 3 is 2.15 bits per heavy atom. The second kappa shape index (κ2) is 6.35. The van der Waals surface area contributed by atoms with Crippen molar-refractivity contribution in [3.8, 4) is 15.5 Å². The van der Waals surface area contributed by atoms with Gasteiger partial charge in [0.2, 0.25) is 0 Å². The largest absolute Gasteiger partial charge is 0.479 e. The Balaban J connectivity index is 1.99. The summed E-state index contributed by atoms with van der Waals surface area (Å²) in [4.78, 5) is 5.65. The smallest absolute Gasteiger partial charge is 0.157 e.